The van der Waals surface area contributed by atoms with Gasteiger partial charge in [-0.2, -0.15) is 0 Å². The minimum atomic E-state index is 1.09. The van der Waals surface area contributed by atoms with E-state index >= 15 is 0 Å². The highest BCUT2D eigenvalue weighted by molar-refractivity contribution is 7.25. The van der Waals surface area contributed by atoms with Gasteiger partial charge < -0.3 is 0 Å². The molecule has 1 aliphatic carbocycles. The normalized spacial score (nSPS) is 14.0. The lowest BCUT2D eigenvalue weighted by molar-refractivity contribution is 0.687. The first-order valence-corrected chi connectivity index (χ1v) is 11.3. The first-order valence-electron chi connectivity index (χ1n) is 10.5. The van der Waals surface area contributed by atoms with Crippen LogP contribution in [-0.4, -0.2) is 4.98 Å². The van der Waals surface area contributed by atoms with Gasteiger partial charge >= 0.3 is 0 Å². The molecule has 0 fully saturated rings. The molecule has 2 heteroatoms. The Labute approximate surface area is 175 Å². The van der Waals surface area contributed by atoms with Gasteiger partial charge in [-0.05, 0) is 104 Å². The highest BCUT2D eigenvalue weighted by atomic mass is 32.1. The molecule has 1 aliphatic rings. The van der Waals surface area contributed by atoms with Crippen LogP contribution in [0.2, 0.25) is 0 Å². The maximum atomic E-state index is 4.79. The number of pyridine rings is 1. The monoisotopic (exact) mass is 393 g/mol. The van der Waals surface area contributed by atoms with Crippen LogP contribution in [0.4, 0.5) is 0 Å². The van der Waals surface area contributed by atoms with Crippen molar-refractivity contribution in [1.82, 2.24) is 4.98 Å². The number of fused-ring (bicyclic) bond motifs is 5. The Morgan fingerprint density at radius 1 is 0.724 bits per heavy atom. The van der Waals surface area contributed by atoms with Crippen LogP contribution in [0.1, 0.15) is 35.1 Å². The van der Waals surface area contributed by atoms with Crippen molar-refractivity contribution in [1.29, 1.82) is 0 Å². The Morgan fingerprint density at radius 3 is 2.31 bits per heavy atom. The predicted molar refractivity (Wildman–Crippen MR) is 126 cm³/mol. The van der Waals surface area contributed by atoms with Crippen molar-refractivity contribution in [2.45, 2.75) is 39.5 Å². The van der Waals surface area contributed by atoms with E-state index in [9.17, 15) is 0 Å². The molecule has 0 atom stereocenters. The van der Waals surface area contributed by atoms with Crippen molar-refractivity contribution >= 4 is 42.3 Å². The lowest BCUT2D eigenvalue weighted by atomic mass is 9.90. The maximum Gasteiger partial charge on any atom is 0.0780 e. The van der Waals surface area contributed by atoms with Crippen molar-refractivity contribution in [2.75, 3.05) is 0 Å². The molecule has 29 heavy (non-hydrogen) atoms. The molecule has 0 amide bonds. The van der Waals surface area contributed by atoms with Crippen molar-refractivity contribution in [3.8, 4) is 11.3 Å². The average Bonchev–Trinajstić information content (AvgIpc) is 3.08. The number of nitrogens with zero attached hydrogens (tertiary/aromatic N) is 1. The molecule has 3 aromatic carbocycles. The van der Waals surface area contributed by atoms with Crippen molar-refractivity contribution in [3.63, 3.8) is 0 Å². The summed E-state index contributed by atoms with van der Waals surface area (Å²) in [4.78, 5) is 4.79. The first kappa shape index (κ1) is 17.2. The molecule has 0 spiro atoms. The van der Waals surface area contributed by atoms with E-state index in [0.717, 1.165) is 5.69 Å². The largest absolute Gasteiger partial charge is 0.256 e. The summed E-state index contributed by atoms with van der Waals surface area (Å²) in [7, 11) is 0. The predicted octanol–water partition coefficient (Wildman–Crippen LogP) is 7.77. The van der Waals surface area contributed by atoms with Gasteiger partial charge in [0.25, 0.3) is 0 Å². The Morgan fingerprint density at radius 2 is 1.48 bits per heavy atom. The van der Waals surface area contributed by atoms with E-state index in [-0.39, 0.29) is 0 Å². The molecule has 5 aromatic rings. The van der Waals surface area contributed by atoms with Gasteiger partial charge in [-0.15, -0.1) is 11.3 Å². The summed E-state index contributed by atoms with van der Waals surface area (Å²) < 4.78 is 2.81. The zero-order chi connectivity index (χ0) is 19.5. The molecule has 0 saturated heterocycles. The molecule has 2 aromatic heterocycles. The van der Waals surface area contributed by atoms with Crippen molar-refractivity contribution in [2.24, 2.45) is 0 Å². The van der Waals surface area contributed by atoms with Crippen molar-refractivity contribution < 1.29 is 0 Å². The standard InChI is InChI=1S/C27H23NS/c1-16-7-8-21(11-17(16)2)27-22-15-24-23-12-18-5-3-4-6-19(18)13-25(23)29-26(24)14-20(22)9-10-28-27/h7-15H,3-6H2,1-2H3. The number of benzene rings is 3. The highest BCUT2D eigenvalue weighted by Gasteiger charge is 2.15. The number of aryl methyl sites for hydroxylation is 4. The fourth-order valence-corrected chi connectivity index (χ4v) is 5.97. The third kappa shape index (κ3) is 2.70. The number of hydrogen-bond acceptors (Lipinski definition) is 2. The molecular weight excluding hydrogens is 370 g/mol. The molecule has 0 aliphatic heterocycles. The minimum absolute atomic E-state index is 1.09. The fraction of sp³-hybridized carbons (Fsp3) is 0.222. The molecule has 0 unspecified atom stereocenters. The SMILES string of the molecule is Cc1ccc(-c2nccc3cc4sc5cc6c(cc5c4cc23)CCCC6)cc1C. The molecule has 1 nitrogen and oxygen atoms in total. The molecule has 0 bridgehead atoms. The van der Waals surface area contributed by atoms with Gasteiger partial charge in [0.05, 0.1) is 5.69 Å². The Bertz CT molecular complexity index is 1420. The smallest absolute Gasteiger partial charge is 0.0780 e. The topological polar surface area (TPSA) is 12.9 Å². The maximum absolute atomic E-state index is 4.79. The van der Waals surface area contributed by atoms with Gasteiger partial charge in [-0.1, -0.05) is 12.1 Å². The zero-order valence-corrected chi connectivity index (χ0v) is 17.7. The van der Waals surface area contributed by atoms with Crippen LogP contribution in [0, 0.1) is 13.8 Å². The van der Waals surface area contributed by atoms with Crippen LogP contribution in [0.5, 0.6) is 0 Å². The van der Waals surface area contributed by atoms with Gasteiger partial charge in [0.1, 0.15) is 0 Å². The second-order valence-electron chi connectivity index (χ2n) is 8.45. The summed E-state index contributed by atoms with van der Waals surface area (Å²) in [5.74, 6) is 0. The summed E-state index contributed by atoms with van der Waals surface area (Å²) in [6.07, 6.45) is 7.07. The quantitative estimate of drug-likeness (QED) is 0.283. The van der Waals surface area contributed by atoms with Crippen LogP contribution in [0.25, 0.3) is 42.2 Å². The van der Waals surface area contributed by atoms with Gasteiger partial charge in [0.2, 0.25) is 0 Å². The number of thiophene rings is 1. The van der Waals surface area contributed by atoms with Crippen LogP contribution in [-0.2, 0) is 12.8 Å². The van der Waals surface area contributed by atoms with Gasteiger partial charge in [0, 0.05) is 37.3 Å². The third-order valence-electron chi connectivity index (χ3n) is 6.60. The van der Waals surface area contributed by atoms with E-state index in [2.05, 4.69) is 62.4 Å². The van der Waals surface area contributed by atoms with E-state index < -0.39 is 0 Å². The van der Waals surface area contributed by atoms with E-state index in [1.807, 2.05) is 17.5 Å². The molecule has 0 N–H and O–H groups in total. The number of rotatable bonds is 1. The lowest BCUT2D eigenvalue weighted by Gasteiger charge is -2.15. The summed E-state index contributed by atoms with van der Waals surface area (Å²) >= 11 is 1.93. The molecular formula is C27H23NS. The van der Waals surface area contributed by atoms with Crippen LogP contribution >= 0.6 is 11.3 Å². The summed E-state index contributed by atoms with van der Waals surface area (Å²) in [6.45, 7) is 4.34. The first-order chi connectivity index (χ1) is 14.2. The van der Waals surface area contributed by atoms with E-state index in [1.165, 1.54) is 73.3 Å². The van der Waals surface area contributed by atoms with Gasteiger partial charge in [-0.25, -0.2) is 0 Å². The average molecular weight is 394 g/mol. The van der Waals surface area contributed by atoms with E-state index in [0.29, 0.717) is 0 Å². The van der Waals surface area contributed by atoms with Gasteiger partial charge in [-0.3, -0.25) is 4.98 Å². The van der Waals surface area contributed by atoms with Crippen LogP contribution in [0.3, 0.4) is 0 Å². The van der Waals surface area contributed by atoms with E-state index in [4.69, 9.17) is 4.98 Å². The summed E-state index contributed by atoms with van der Waals surface area (Å²) in [5.41, 5.74) is 8.06. The molecule has 0 radical (unpaired) electrons. The molecule has 6 rings (SSSR count). The third-order valence-corrected chi connectivity index (χ3v) is 7.71. The van der Waals surface area contributed by atoms with Crippen molar-refractivity contribution in [3.05, 3.63) is 77.0 Å². The minimum Gasteiger partial charge on any atom is -0.256 e. The Balaban J connectivity index is 1.65. The molecule has 142 valence electrons. The molecule has 0 saturated carbocycles. The summed E-state index contributed by atoms with van der Waals surface area (Å²) in [5, 5.41) is 5.32. The van der Waals surface area contributed by atoms with E-state index in [1.54, 1.807) is 11.1 Å². The summed E-state index contributed by atoms with van der Waals surface area (Å²) in [6, 6.07) is 18.5. The highest BCUT2D eigenvalue weighted by Crippen LogP contribution is 2.40. The van der Waals surface area contributed by atoms with Crippen LogP contribution < -0.4 is 0 Å². The van der Waals surface area contributed by atoms with Crippen LogP contribution in [0.15, 0.2) is 54.7 Å². The zero-order valence-electron chi connectivity index (χ0n) is 16.9. The molecule has 2 heterocycles. The number of aromatic nitrogens is 1. The van der Waals surface area contributed by atoms with Gasteiger partial charge in [0.15, 0.2) is 0 Å². The second kappa shape index (κ2) is 6.40. The second-order valence-corrected chi connectivity index (χ2v) is 9.54. The Kier molecular flexibility index (Phi) is 3.79. The Hall–Kier alpha value is -2.71. The lowest BCUT2D eigenvalue weighted by Crippen LogP contribution is -2.01. The fourth-order valence-electron chi connectivity index (χ4n) is 4.79. The number of hydrogen-bond donors (Lipinski definition) is 0.